The first-order valence-corrected chi connectivity index (χ1v) is 3.48. The summed E-state index contributed by atoms with van der Waals surface area (Å²) in [5.41, 5.74) is 0. The second kappa shape index (κ2) is 6.91. The van der Waals surface area contributed by atoms with Crippen LogP contribution in [-0.2, 0) is 4.79 Å². The Morgan fingerprint density at radius 3 is 2.09 bits per heavy atom. The van der Waals surface area contributed by atoms with Crippen molar-refractivity contribution in [2.24, 2.45) is 0 Å². The molecule has 0 aromatic rings. The summed E-state index contributed by atoms with van der Waals surface area (Å²) in [4.78, 5) is 12.2. The SMILES string of the molecule is CCCC(C(=O)O)N(C)C.[Sn]. The van der Waals surface area contributed by atoms with Crippen molar-refractivity contribution >= 4 is 29.9 Å². The van der Waals surface area contributed by atoms with Gasteiger partial charge in [-0.25, -0.2) is 0 Å². The average molecular weight is 264 g/mol. The maximum absolute atomic E-state index is 10.5. The van der Waals surface area contributed by atoms with E-state index in [1.54, 1.807) is 19.0 Å². The van der Waals surface area contributed by atoms with Gasteiger partial charge in [0.1, 0.15) is 6.04 Å². The van der Waals surface area contributed by atoms with Gasteiger partial charge in [-0.1, -0.05) is 13.3 Å². The predicted molar refractivity (Wildman–Crippen MR) is 45.8 cm³/mol. The van der Waals surface area contributed by atoms with E-state index in [2.05, 4.69) is 0 Å². The van der Waals surface area contributed by atoms with Crippen LogP contribution >= 0.6 is 0 Å². The van der Waals surface area contributed by atoms with Gasteiger partial charge in [-0.3, -0.25) is 9.69 Å². The number of carboxylic acid groups (broad SMARTS) is 1. The molecule has 3 nitrogen and oxygen atoms in total. The standard InChI is InChI=1S/C7H15NO2.Sn/c1-4-5-6(7(9)10)8(2)3;/h6H,4-5H2,1-3H3,(H,9,10);. The summed E-state index contributed by atoms with van der Waals surface area (Å²) in [6.45, 7) is 1.99. The zero-order valence-electron chi connectivity index (χ0n) is 7.29. The van der Waals surface area contributed by atoms with E-state index in [1.165, 1.54) is 0 Å². The van der Waals surface area contributed by atoms with Gasteiger partial charge >= 0.3 is 5.97 Å². The Kier molecular flexibility index (Phi) is 8.66. The second-order valence-electron chi connectivity index (χ2n) is 2.61. The fraction of sp³-hybridized carbons (Fsp3) is 0.857. The quantitative estimate of drug-likeness (QED) is 0.748. The number of likely N-dealkylation sites (N-methyl/N-ethyl adjacent to an activating group) is 1. The van der Waals surface area contributed by atoms with Gasteiger partial charge in [0.2, 0.25) is 0 Å². The van der Waals surface area contributed by atoms with Gasteiger partial charge in [0.25, 0.3) is 0 Å². The van der Waals surface area contributed by atoms with E-state index in [4.69, 9.17) is 5.11 Å². The van der Waals surface area contributed by atoms with Crippen LogP contribution in [0.1, 0.15) is 19.8 Å². The summed E-state index contributed by atoms with van der Waals surface area (Å²) < 4.78 is 0. The Labute approximate surface area is 84.7 Å². The van der Waals surface area contributed by atoms with Crippen LogP contribution in [-0.4, -0.2) is 60.0 Å². The normalized spacial score (nSPS) is 12.4. The summed E-state index contributed by atoms with van der Waals surface area (Å²) in [5, 5.41) is 8.63. The monoisotopic (exact) mass is 265 g/mol. The molecule has 0 aromatic carbocycles. The minimum absolute atomic E-state index is 0. The molecule has 0 heterocycles. The van der Waals surface area contributed by atoms with E-state index in [9.17, 15) is 4.79 Å². The van der Waals surface area contributed by atoms with Crippen LogP contribution in [0.25, 0.3) is 0 Å². The summed E-state index contributed by atoms with van der Waals surface area (Å²) in [5.74, 6) is -0.730. The van der Waals surface area contributed by atoms with Crippen molar-refractivity contribution in [2.45, 2.75) is 25.8 Å². The van der Waals surface area contributed by atoms with Crippen molar-refractivity contribution in [1.82, 2.24) is 4.90 Å². The third-order valence-electron chi connectivity index (χ3n) is 1.47. The van der Waals surface area contributed by atoms with Gasteiger partial charge in [0, 0.05) is 23.9 Å². The molecule has 0 spiro atoms. The molecule has 0 amide bonds. The maximum Gasteiger partial charge on any atom is 0.320 e. The molecule has 0 aliphatic heterocycles. The molecule has 0 bridgehead atoms. The fourth-order valence-corrected chi connectivity index (χ4v) is 0.876. The smallest absolute Gasteiger partial charge is 0.320 e. The van der Waals surface area contributed by atoms with Crippen LogP contribution < -0.4 is 0 Å². The first-order chi connectivity index (χ1) is 4.59. The van der Waals surface area contributed by atoms with E-state index in [1.807, 2.05) is 6.92 Å². The first kappa shape index (κ1) is 13.8. The topological polar surface area (TPSA) is 40.5 Å². The fourth-order valence-electron chi connectivity index (χ4n) is 0.876. The van der Waals surface area contributed by atoms with Gasteiger partial charge in [0.05, 0.1) is 0 Å². The molecule has 1 atom stereocenters. The van der Waals surface area contributed by atoms with Crippen LogP contribution in [0.4, 0.5) is 0 Å². The van der Waals surface area contributed by atoms with Crippen LogP contribution in [0.3, 0.4) is 0 Å². The third kappa shape index (κ3) is 5.49. The summed E-state index contributed by atoms with van der Waals surface area (Å²) in [6, 6.07) is -0.315. The maximum atomic E-state index is 10.5. The minimum Gasteiger partial charge on any atom is -0.480 e. The molecule has 1 N–H and O–H groups in total. The third-order valence-corrected chi connectivity index (χ3v) is 1.47. The molecule has 0 aromatic heterocycles. The van der Waals surface area contributed by atoms with Crippen molar-refractivity contribution < 1.29 is 9.90 Å². The van der Waals surface area contributed by atoms with E-state index >= 15 is 0 Å². The number of hydrogen-bond acceptors (Lipinski definition) is 2. The number of rotatable bonds is 4. The molecule has 4 heteroatoms. The first-order valence-electron chi connectivity index (χ1n) is 3.48. The summed E-state index contributed by atoms with van der Waals surface area (Å²) in [6.07, 6.45) is 1.64. The molecule has 0 aliphatic carbocycles. The average Bonchev–Trinajstić information content (AvgIpc) is 1.81. The number of nitrogens with zero attached hydrogens (tertiary/aromatic N) is 1. The van der Waals surface area contributed by atoms with E-state index in [-0.39, 0.29) is 29.9 Å². The molecular weight excluding hydrogens is 249 g/mol. The summed E-state index contributed by atoms with van der Waals surface area (Å²) >= 11 is 0. The van der Waals surface area contributed by atoms with Gasteiger partial charge in [0.15, 0.2) is 0 Å². The number of carbonyl (C=O) groups is 1. The van der Waals surface area contributed by atoms with Crippen molar-refractivity contribution in [2.75, 3.05) is 14.1 Å². The molecule has 0 aliphatic rings. The largest absolute Gasteiger partial charge is 0.480 e. The van der Waals surface area contributed by atoms with Crippen molar-refractivity contribution in [3.63, 3.8) is 0 Å². The molecule has 0 saturated carbocycles. The van der Waals surface area contributed by atoms with Gasteiger partial charge in [-0.2, -0.15) is 0 Å². The molecule has 11 heavy (non-hydrogen) atoms. The molecule has 0 saturated heterocycles. The second-order valence-corrected chi connectivity index (χ2v) is 2.61. The van der Waals surface area contributed by atoms with Gasteiger partial charge < -0.3 is 5.11 Å². The number of carboxylic acids is 1. The van der Waals surface area contributed by atoms with Crippen LogP contribution in [0, 0.1) is 0 Å². The Hall–Kier alpha value is 0.229. The van der Waals surface area contributed by atoms with Crippen LogP contribution in [0.2, 0.25) is 0 Å². The van der Waals surface area contributed by atoms with E-state index < -0.39 is 5.97 Å². The van der Waals surface area contributed by atoms with Crippen molar-refractivity contribution in [1.29, 1.82) is 0 Å². The zero-order chi connectivity index (χ0) is 8.15. The molecule has 1 unspecified atom stereocenters. The molecular formula is C7H15NO2Sn. The molecule has 64 valence electrons. The van der Waals surface area contributed by atoms with E-state index in [0.29, 0.717) is 0 Å². The zero-order valence-corrected chi connectivity index (χ0v) is 10.1. The van der Waals surface area contributed by atoms with Crippen LogP contribution in [0.15, 0.2) is 0 Å². The Morgan fingerprint density at radius 1 is 1.55 bits per heavy atom. The molecule has 0 rings (SSSR count). The van der Waals surface area contributed by atoms with Gasteiger partial charge in [-0.05, 0) is 20.5 Å². The Bertz CT molecular complexity index is 117. The van der Waals surface area contributed by atoms with Crippen molar-refractivity contribution in [3.8, 4) is 0 Å². The Balaban J connectivity index is 0. The number of hydrogen-bond donors (Lipinski definition) is 1. The van der Waals surface area contributed by atoms with Crippen LogP contribution in [0.5, 0.6) is 0 Å². The summed E-state index contributed by atoms with van der Waals surface area (Å²) in [7, 11) is 3.57. The predicted octanol–water partition coefficient (Wildman–Crippen LogP) is 0.421. The Morgan fingerprint density at radius 2 is 2.00 bits per heavy atom. The van der Waals surface area contributed by atoms with Crippen molar-refractivity contribution in [3.05, 3.63) is 0 Å². The van der Waals surface area contributed by atoms with Gasteiger partial charge in [-0.15, -0.1) is 0 Å². The number of aliphatic carboxylic acids is 1. The van der Waals surface area contributed by atoms with E-state index in [0.717, 1.165) is 12.8 Å². The minimum atomic E-state index is -0.730. The molecule has 4 radical (unpaired) electrons. The molecule has 0 fully saturated rings.